The van der Waals surface area contributed by atoms with Crippen LogP contribution in [0.25, 0.3) is 0 Å². The third-order valence-corrected chi connectivity index (χ3v) is 3.35. The van der Waals surface area contributed by atoms with E-state index < -0.39 is 31.9 Å². The second-order valence-electron chi connectivity index (χ2n) is 2.43. The van der Waals surface area contributed by atoms with Gasteiger partial charge in [-0.2, -0.15) is 0 Å². The number of esters is 1. The molecule has 0 aliphatic rings. The minimum atomic E-state index is -3.36. The van der Waals surface area contributed by atoms with Crippen molar-refractivity contribution in [2.75, 3.05) is 27.5 Å². The molecular formula is C7H13O6P. The van der Waals surface area contributed by atoms with Gasteiger partial charge in [0.25, 0.3) is 0 Å². The molecule has 0 aromatic rings. The van der Waals surface area contributed by atoms with Crippen LogP contribution in [0, 0.1) is 0 Å². The lowest BCUT2D eigenvalue weighted by molar-refractivity contribution is -0.142. The van der Waals surface area contributed by atoms with Gasteiger partial charge in [0.2, 0.25) is 0 Å². The molecule has 0 spiro atoms. The molecule has 6 nitrogen and oxygen atoms in total. The van der Waals surface area contributed by atoms with Gasteiger partial charge in [0.1, 0.15) is 12.6 Å². The van der Waals surface area contributed by atoms with Gasteiger partial charge >= 0.3 is 13.6 Å². The summed E-state index contributed by atoms with van der Waals surface area (Å²) in [6, 6.07) is 0. The highest BCUT2D eigenvalue weighted by molar-refractivity contribution is 7.54. The normalized spacial score (nSPS) is 11.1. The summed E-state index contributed by atoms with van der Waals surface area (Å²) in [6.45, 7) is 0. The molecule has 0 bridgehead atoms. The average Bonchev–Trinajstić information content (AvgIpc) is 2.17. The molecule has 0 heterocycles. The van der Waals surface area contributed by atoms with Crippen molar-refractivity contribution in [3.8, 4) is 0 Å². The summed E-state index contributed by atoms with van der Waals surface area (Å²) in [7, 11) is 0.160. The van der Waals surface area contributed by atoms with E-state index in [0.717, 1.165) is 0 Å². The molecule has 0 saturated carbocycles. The van der Waals surface area contributed by atoms with Gasteiger partial charge in [-0.3, -0.25) is 14.2 Å². The summed E-state index contributed by atoms with van der Waals surface area (Å²) < 4.78 is 24.8. The molecule has 0 saturated heterocycles. The zero-order valence-corrected chi connectivity index (χ0v) is 9.21. The quantitative estimate of drug-likeness (QED) is 0.373. The third-order valence-electron chi connectivity index (χ3n) is 1.50. The van der Waals surface area contributed by atoms with E-state index in [4.69, 9.17) is 0 Å². The summed E-state index contributed by atoms with van der Waals surface area (Å²) in [6.07, 6.45) is -0.845. The second-order valence-corrected chi connectivity index (χ2v) is 4.69. The first-order chi connectivity index (χ1) is 6.47. The van der Waals surface area contributed by atoms with E-state index in [2.05, 4.69) is 13.8 Å². The predicted molar refractivity (Wildman–Crippen MR) is 48.1 cm³/mol. The number of carbonyl (C=O) groups is 2. The van der Waals surface area contributed by atoms with Crippen LogP contribution < -0.4 is 0 Å². The molecular weight excluding hydrogens is 211 g/mol. The van der Waals surface area contributed by atoms with Crippen LogP contribution in [0.5, 0.6) is 0 Å². The topological polar surface area (TPSA) is 78.9 Å². The van der Waals surface area contributed by atoms with E-state index in [-0.39, 0.29) is 0 Å². The largest absolute Gasteiger partial charge is 0.469 e. The lowest BCUT2D eigenvalue weighted by Crippen LogP contribution is -2.14. The van der Waals surface area contributed by atoms with Crippen molar-refractivity contribution in [2.24, 2.45) is 0 Å². The zero-order chi connectivity index (χ0) is 11.2. The highest BCUT2D eigenvalue weighted by Gasteiger charge is 2.26. The number of Topliss-reactive ketones (excluding diaryl/α,β-unsaturated/α-hetero) is 1. The van der Waals surface area contributed by atoms with Crippen molar-refractivity contribution in [3.05, 3.63) is 0 Å². The third kappa shape index (κ3) is 4.50. The lowest BCUT2D eigenvalue weighted by atomic mass is 10.3. The van der Waals surface area contributed by atoms with Gasteiger partial charge in [-0.15, -0.1) is 0 Å². The molecule has 0 rings (SSSR count). The first-order valence-corrected chi connectivity index (χ1v) is 5.49. The molecule has 0 unspecified atom stereocenters. The summed E-state index contributed by atoms with van der Waals surface area (Å²) in [5, 5.41) is 0. The summed E-state index contributed by atoms with van der Waals surface area (Å²) in [5.41, 5.74) is 0. The van der Waals surface area contributed by atoms with Crippen LogP contribution in [0.4, 0.5) is 0 Å². The Morgan fingerprint density at radius 2 is 1.64 bits per heavy atom. The monoisotopic (exact) mass is 224 g/mol. The molecule has 0 aromatic carbocycles. The Labute approximate surface area is 82.1 Å². The zero-order valence-electron chi connectivity index (χ0n) is 8.31. The van der Waals surface area contributed by atoms with Gasteiger partial charge in [0.05, 0.1) is 7.11 Å². The molecule has 0 aliphatic carbocycles. The average molecular weight is 224 g/mol. The van der Waals surface area contributed by atoms with E-state index >= 15 is 0 Å². The molecule has 0 aromatic heterocycles. The molecule has 82 valence electrons. The highest BCUT2D eigenvalue weighted by atomic mass is 31.2. The molecule has 0 radical (unpaired) electrons. The van der Waals surface area contributed by atoms with Crippen LogP contribution >= 0.6 is 7.60 Å². The van der Waals surface area contributed by atoms with Gasteiger partial charge in [-0.25, -0.2) is 0 Å². The second kappa shape index (κ2) is 5.90. The number of ether oxygens (including phenoxy) is 1. The van der Waals surface area contributed by atoms with Crippen molar-refractivity contribution in [3.63, 3.8) is 0 Å². The fraction of sp³-hybridized carbons (Fsp3) is 0.714. The molecule has 0 atom stereocenters. The fourth-order valence-corrected chi connectivity index (χ4v) is 1.66. The number of hydrogen-bond acceptors (Lipinski definition) is 6. The smallest absolute Gasteiger partial charge is 0.337 e. The van der Waals surface area contributed by atoms with Crippen molar-refractivity contribution >= 4 is 19.3 Å². The number of hydrogen-bond donors (Lipinski definition) is 0. The van der Waals surface area contributed by atoms with Crippen LogP contribution in [0.15, 0.2) is 0 Å². The standard InChI is InChI=1S/C7H13O6P/c1-11-7(9)4-6(8)5-14(10,12-2)13-3/h4-5H2,1-3H3. The lowest BCUT2D eigenvalue weighted by Gasteiger charge is -2.11. The maximum atomic E-state index is 11.4. The van der Waals surface area contributed by atoms with Crippen LogP contribution in [0.3, 0.4) is 0 Å². The molecule has 0 N–H and O–H groups in total. The molecule has 7 heteroatoms. The molecule has 0 aliphatic heterocycles. The van der Waals surface area contributed by atoms with E-state index in [1.54, 1.807) is 0 Å². The van der Waals surface area contributed by atoms with Crippen LogP contribution in [-0.2, 0) is 27.9 Å². The Morgan fingerprint density at radius 3 is 2.00 bits per heavy atom. The van der Waals surface area contributed by atoms with E-state index in [1.165, 1.54) is 21.3 Å². The molecule has 0 fully saturated rings. The Bertz CT molecular complexity index is 253. The van der Waals surface area contributed by atoms with E-state index in [0.29, 0.717) is 0 Å². The summed E-state index contributed by atoms with van der Waals surface area (Å²) in [5.74, 6) is -1.21. The number of methoxy groups -OCH3 is 1. The molecule has 0 amide bonds. The van der Waals surface area contributed by atoms with Gasteiger partial charge in [-0.1, -0.05) is 0 Å². The minimum absolute atomic E-state index is 0.422. The SMILES string of the molecule is COC(=O)CC(=O)CP(=O)(OC)OC. The molecule has 14 heavy (non-hydrogen) atoms. The van der Waals surface area contributed by atoms with Crippen molar-refractivity contribution in [1.29, 1.82) is 0 Å². The van der Waals surface area contributed by atoms with Crippen LogP contribution in [-0.4, -0.2) is 39.2 Å². The maximum absolute atomic E-state index is 11.4. The maximum Gasteiger partial charge on any atom is 0.337 e. The Morgan fingerprint density at radius 1 is 1.14 bits per heavy atom. The van der Waals surface area contributed by atoms with E-state index in [1.807, 2.05) is 0 Å². The summed E-state index contributed by atoms with van der Waals surface area (Å²) >= 11 is 0. The van der Waals surface area contributed by atoms with Crippen LogP contribution in [0.2, 0.25) is 0 Å². The minimum Gasteiger partial charge on any atom is -0.469 e. The van der Waals surface area contributed by atoms with Gasteiger partial charge < -0.3 is 13.8 Å². The van der Waals surface area contributed by atoms with Gasteiger partial charge in [-0.05, 0) is 0 Å². The first-order valence-electron chi connectivity index (χ1n) is 3.76. The number of ketones is 1. The summed E-state index contributed by atoms with van der Waals surface area (Å²) in [4.78, 5) is 21.8. The van der Waals surface area contributed by atoms with Gasteiger partial charge in [0.15, 0.2) is 5.78 Å². The predicted octanol–water partition coefficient (Wildman–Crippen LogP) is 0.604. The van der Waals surface area contributed by atoms with Crippen LogP contribution in [0.1, 0.15) is 6.42 Å². The Hall–Kier alpha value is -0.710. The van der Waals surface area contributed by atoms with E-state index in [9.17, 15) is 14.2 Å². The number of carbonyl (C=O) groups excluding carboxylic acids is 2. The first kappa shape index (κ1) is 13.3. The Kier molecular flexibility index (Phi) is 5.60. The van der Waals surface area contributed by atoms with Crippen molar-refractivity contribution in [1.82, 2.24) is 0 Å². The number of rotatable bonds is 6. The highest BCUT2D eigenvalue weighted by Crippen LogP contribution is 2.46. The van der Waals surface area contributed by atoms with Crippen molar-refractivity contribution in [2.45, 2.75) is 6.42 Å². The van der Waals surface area contributed by atoms with Crippen molar-refractivity contribution < 1.29 is 27.9 Å². The van der Waals surface area contributed by atoms with Gasteiger partial charge in [0, 0.05) is 14.2 Å². The fourth-order valence-electron chi connectivity index (χ4n) is 0.709. The Balaban J connectivity index is 4.18.